The van der Waals surface area contributed by atoms with Gasteiger partial charge < -0.3 is 10.4 Å². The molecule has 1 heterocycles. The van der Waals surface area contributed by atoms with Crippen molar-refractivity contribution in [1.82, 2.24) is 10.2 Å². The highest BCUT2D eigenvalue weighted by atomic mass is 79.9. The van der Waals surface area contributed by atoms with E-state index in [0.717, 1.165) is 18.5 Å². The topological polar surface area (TPSA) is 52.6 Å². The highest BCUT2D eigenvalue weighted by Crippen LogP contribution is 2.28. The highest BCUT2D eigenvalue weighted by molar-refractivity contribution is 9.10. The van der Waals surface area contributed by atoms with E-state index < -0.39 is 5.60 Å². The van der Waals surface area contributed by atoms with Gasteiger partial charge in [-0.05, 0) is 46.9 Å². The van der Waals surface area contributed by atoms with Crippen molar-refractivity contribution in [2.45, 2.75) is 31.4 Å². The van der Waals surface area contributed by atoms with E-state index >= 15 is 0 Å². The summed E-state index contributed by atoms with van der Waals surface area (Å²) in [5, 5.41) is 13.1. The smallest absolute Gasteiger partial charge is 0.222 e. The van der Waals surface area contributed by atoms with Crippen LogP contribution in [0.3, 0.4) is 0 Å². The summed E-state index contributed by atoms with van der Waals surface area (Å²) in [6, 6.07) is 4.95. The van der Waals surface area contributed by atoms with Crippen LogP contribution in [-0.4, -0.2) is 41.7 Å². The van der Waals surface area contributed by atoms with Gasteiger partial charge in [0.15, 0.2) is 0 Å². The zero-order valence-electron chi connectivity index (χ0n) is 12.0. The van der Waals surface area contributed by atoms with Crippen molar-refractivity contribution in [3.8, 4) is 0 Å². The molecule has 116 valence electrons. The predicted molar refractivity (Wildman–Crippen MR) is 82.2 cm³/mol. The first-order valence-electron chi connectivity index (χ1n) is 7.02. The fourth-order valence-corrected chi connectivity index (χ4v) is 3.17. The summed E-state index contributed by atoms with van der Waals surface area (Å²) < 4.78 is 14.0. The summed E-state index contributed by atoms with van der Waals surface area (Å²) in [5.74, 6) is -0.448. The van der Waals surface area contributed by atoms with E-state index in [9.17, 15) is 14.3 Å². The zero-order chi connectivity index (χ0) is 15.5. The van der Waals surface area contributed by atoms with Gasteiger partial charge in [0, 0.05) is 20.1 Å². The second-order valence-electron chi connectivity index (χ2n) is 5.60. The standard InChI is InChI=1S/C15H20BrFN2O2/c1-18-13(20)8-15(21)6-3-7-19(10-15)9-11-4-2-5-12(17)14(11)16/h2,4-5,21H,3,6-10H2,1H3,(H,18,20). The van der Waals surface area contributed by atoms with E-state index in [1.54, 1.807) is 13.1 Å². The first-order chi connectivity index (χ1) is 9.93. The monoisotopic (exact) mass is 358 g/mol. The molecule has 1 unspecified atom stereocenters. The molecule has 2 N–H and O–H groups in total. The summed E-state index contributed by atoms with van der Waals surface area (Å²) in [6.07, 6.45) is 1.53. The number of piperidine rings is 1. The summed E-state index contributed by atoms with van der Waals surface area (Å²) >= 11 is 3.26. The number of β-amino-alcohol motifs (C(OH)–C–C–N with tert-alkyl or cyclic N) is 1. The van der Waals surface area contributed by atoms with Gasteiger partial charge >= 0.3 is 0 Å². The van der Waals surface area contributed by atoms with Gasteiger partial charge in [0.25, 0.3) is 0 Å². The Morgan fingerprint density at radius 2 is 2.33 bits per heavy atom. The number of carbonyl (C=O) groups is 1. The van der Waals surface area contributed by atoms with Gasteiger partial charge in [-0.2, -0.15) is 0 Å². The van der Waals surface area contributed by atoms with Crippen molar-refractivity contribution in [2.24, 2.45) is 0 Å². The van der Waals surface area contributed by atoms with Crippen LogP contribution < -0.4 is 5.32 Å². The Bertz CT molecular complexity index is 526. The third-order valence-electron chi connectivity index (χ3n) is 3.83. The fourth-order valence-electron chi connectivity index (χ4n) is 2.78. The van der Waals surface area contributed by atoms with Crippen molar-refractivity contribution in [3.05, 3.63) is 34.1 Å². The van der Waals surface area contributed by atoms with E-state index in [1.165, 1.54) is 6.07 Å². The summed E-state index contributed by atoms with van der Waals surface area (Å²) in [6.45, 7) is 1.80. The number of hydrogen-bond donors (Lipinski definition) is 2. The second kappa shape index (κ2) is 6.85. The molecule has 0 bridgehead atoms. The number of aliphatic hydroxyl groups is 1. The maximum atomic E-state index is 13.5. The number of amides is 1. The van der Waals surface area contributed by atoms with Gasteiger partial charge in [0.05, 0.1) is 16.5 Å². The maximum Gasteiger partial charge on any atom is 0.222 e. The number of halogens is 2. The minimum atomic E-state index is -1.00. The molecule has 1 atom stereocenters. The summed E-state index contributed by atoms with van der Waals surface area (Å²) in [7, 11) is 1.57. The van der Waals surface area contributed by atoms with Crippen LogP contribution in [0, 0.1) is 5.82 Å². The Labute approximate surface area is 132 Å². The molecular weight excluding hydrogens is 339 g/mol. The molecule has 1 aromatic rings. The largest absolute Gasteiger partial charge is 0.388 e. The Morgan fingerprint density at radius 3 is 3.05 bits per heavy atom. The molecule has 1 aliphatic rings. The lowest BCUT2D eigenvalue weighted by Crippen LogP contribution is -2.49. The minimum Gasteiger partial charge on any atom is -0.388 e. The molecule has 21 heavy (non-hydrogen) atoms. The van der Waals surface area contributed by atoms with Gasteiger partial charge in [-0.1, -0.05) is 12.1 Å². The molecule has 0 saturated carbocycles. The van der Waals surface area contributed by atoms with E-state index in [1.807, 2.05) is 6.07 Å². The predicted octanol–water partition coefficient (Wildman–Crippen LogP) is 2.05. The van der Waals surface area contributed by atoms with Crippen LogP contribution in [0.15, 0.2) is 22.7 Å². The van der Waals surface area contributed by atoms with E-state index in [0.29, 0.717) is 24.0 Å². The molecular formula is C15H20BrFN2O2. The zero-order valence-corrected chi connectivity index (χ0v) is 13.6. The average Bonchev–Trinajstić information content (AvgIpc) is 2.43. The molecule has 4 nitrogen and oxygen atoms in total. The lowest BCUT2D eigenvalue weighted by Gasteiger charge is -2.39. The van der Waals surface area contributed by atoms with Crippen molar-refractivity contribution in [3.63, 3.8) is 0 Å². The number of nitrogens with one attached hydrogen (secondary N) is 1. The number of benzene rings is 1. The van der Waals surface area contributed by atoms with E-state index in [4.69, 9.17) is 0 Å². The second-order valence-corrected chi connectivity index (χ2v) is 6.39. The number of likely N-dealkylation sites (tertiary alicyclic amines) is 1. The maximum absolute atomic E-state index is 13.5. The van der Waals surface area contributed by atoms with Crippen molar-refractivity contribution in [2.75, 3.05) is 20.1 Å². The van der Waals surface area contributed by atoms with Crippen molar-refractivity contribution in [1.29, 1.82) is 0 Å². The van der Waals surface area contributed by atoms with Crippen LogP contribution in [-0.2, 0) is 11.3 Å². The molecule has 6 heteroatoms. The molecule has 0 aromatic heterocycles. The molecule has 1 saturated heterocycles. The van der Waals surface area contributed by atoms with Crippen LogP contribution in [0.25, 0.3) is 0 Å². The van der Waals surface area contributed by atoms with Gasteiger partial charge in [-0.15, -0.1) is 0 Å². The first-order valence-corrected chi connectivity index (χ1v) is 7.81. The van der Waals surface area contributed by atoms with Gasteiger partial charge in [-0.3, -0.25) is 9.69 Å². The fraction of sp³-hybridized carbons (Fsp3) is 0.533. The van der Waals surface area contributed by atoms with Gasteiger partial charge in [-0.25, -0.2) is 4.39 Å². The molecule has 1 amide bonds. The number of nitrogens with zero attached hydrogens (tertiary/aromatic N) is 1. The van der Waals surface area contributed by atoms with Crippen molar-refractivity contribution >= 4 is 21.8 Å². The van der Waals surface area contributed by atoms with Crippen LogP contribution in [0.5, 0.6) is 0 Å². The van der Waals surface area contributed by atoms with E-state index in [2.05, 4.69) is 26.1 Å². The Balaban J connectivity index is 2.04. The molecule has 1 fully saturated rings. The highest BCUT2D eigenvalue weighted by Gasteiger charge is 2.35. The third kappa shape index (κ3) is 4.25. The Morgan fingerprint density at radius 1 is 1.57 bits per heavy atom. The minimum absolute atomic E-state index is 0.102. The lowest BCUT2D eigenvalue weighted by atomic mass is 9.89. The van der Waals surface area contributed by atoms with Gasteiger partial charge in [0.2, 0.25) is 5.91 Å². The van der Waals surface area contributed by atoms with Crippen LogP contribution in [0.2, 0.25) is 0 Å². The molecule has 1 aliphatic heterocycles. The van der Waals surface area contributed by atoms with Crippen LogP contribution in [0.1, 0.15) is 24.8 Å². The molecule has 2 rings (SSSR count). The first kappa shape index (κ1) is 16.4. The van der Waals surface area contributed by atoms with Gasteiger partial charge in [0.1, 0.15) is 5.82 Å². The molecule has 0 spiro atoms. The SMILES string of the molecule is CNC(=O)CC1(O)CCCN(Cc2cccc(F)c2Br)C1. The molecule has 0 radical (unpaired) electrons. The number of rotatable bonds is 4. The molecule has 1 aromatic carbocycles. The third-order valence-corrected chi connectivity index (χ3v) is 4.72. The lowest BCUT2D eigenvalue weighted by molar-refractivity contribution is -0.128. The Kier molecular flexibility index (Phi) is 5.35. The average molecular weight is 359 g/mol. The van der Waals surface area contributed by atoms with Crippen LogP contribution >= 0.6 is 15.9 Å². The van der Waals surface area contributed by atoms with Crippen molar-refractivity contribution < 1.29 is 14.3 Å². The summed E-state index contributed by atoms with van der Waals surface area (Å²) in [4.78, 5) is 13.6. The van der Waals surface area contributed by atoms with E-state index in [-0.39, 0.29) is 18.1 Å². The Hall–Kier alpha value is -0.980. The summed E-state index contributed by atoms with van der Waals surface area (Å²) in [5.41, 5.74) is -0.155. The normalized spacial score (nSPS) is 23.0. The van der Waals surface area contributed by atoms with Crippen LogP contribution in [0.4, 0.5) is 4.39 Å². The number of carbonyl (C=O) groups excluding carboxylic acids is 1. The molecule has 0 aliphatic carbocycles. The number of hydrogen-bond acceptors (Lipinski definition) is 3. The quantitative estimate of drug-likeness (QED) is 0.865.